The van der Waals surface area contributed by atoms with Crippen LogP contribution < -0.4 is 10.6 Å². The first-order valence-electron chi connectivity index (χ1n) is 10.1. The van der Waals surface area contributed by atoms with Crippen LogP contribution in [0.4, 0.5) is 10.1 Å². The van der Waals surface area contributed by atoms with Gasteiger partial charge in [0.2, 0.25) is 0 Å². The van der Waals surface area contributed by atoms with E-state index in [-0.39, 0.29) is 5.91 Å². The Labute approximate surface area is 174 Å². The van der Waals surface area contributed by atoms with Crippen molar-refractivity contribution < 1.29 is 23.5 Å². The van der Waals surface area contributed by atoms with Crippen LogP contribution in [0.1, 0.15) is 48.5 Å². The lowest BCUT2D eigenvalue weighted by atomic mass is 9.78. The molecule has 0 saturated heterocycles. The maximum Gasteiger partial charge on any atom is 0.317 e. The summed E-state index contributed by atoms with van der Waals surface area (Å²) in [6, 6.07) is 12.7. The van der Waals surface area contributed by atoms with E-state index >= 15 is 0 Å². The maximum absolute atomic E-state index is 14.4. The van der Waals surface area contributed by atoms with Crippen LogP contribution >= 0.6 is 0 Å². The molecule has 0 aromatic heterocycles. The Morgan fingerprint density at radius 2 is 1.80 bits per heavy atom. The number of carbonyl (C=O) groups excluding carboxylic acids is 3. The Hall–Kier alpha value is -3.22. The standard InChI is InChI=1S/C23H25FN2O4/c1-2-25-21(28)16-8-7-9-17(14-16)26-20(27)15-30-22(29)23(12-5-6-13-23)18-10-3-4-11-19(18)24/h3-4,7-11,14H,2,5-6,12-13,15H2,1H3,(H,25,28)(H,26,27). The number of halogens is 1. The number of benzene rings is 2. The molecule has 2 amide bonds. The number of hydrogen-bond donors (Lipinski definition) is 2. The van der Waals surface area contributed by atoms with E-state index < -0.39 is 29.7 Å². The number of esters is 1. The lowest BCUT2D eigenvalue weighted by molar-refractivity contribution is -0.153. The van der Waals surface area contributed by atoms with Crippen LogP contribution in [-0.4, -0.2) is 30.9 Å². The van der Waals surface area contributed by atoms with Crippen molar-refractivity contribution in [3.05, 3.63) is 65.5 Å². The molecule has 1 fully saturated rings. The topological polar surface area (TPSA) is 84.5 Å². The van der Waals surface area contributed by atoms with Gasteiger partial charge in [-0.25, -0.2) is 4.39 Å². The Bertz CT molecular complexity index is 938. The van der Waals surface area contributed by atoms with Gasteiger partial charge in [-0.1, -0.05) is 37.1 Å². The second-order valence-corrected chi connectivity index (χ2v) is 7.33. The number of amides is 2. The second kappa shape index (κ2) is 9.52. The Morgan fingerprint density at radius 1 is 1.07 bits per heavy atom. The van der Waals surface area contributed by atoms with Crippen molar-refractivity contribution >= 4 is 23.5 Å². The van der Waals surface area contributed by atoms with Crippen molar-refractivity contribution in [1.82, 2.24) is 5.32 Å². The van der Waals surface area contributed by atoms with Crippen molar-refractivity contribution in [3.8, 4) is 0 Å². The molecule has 2 aromatic rings. The fourth-order valence-electron chi connectivity index (χ4n) is 3.88. The number of ether oxygens (including phenoxy) is 1. The second-order valence-electron chi connectivity index (χ2n) is 7.33. The highest BCUT2D eigenvalue weighted by atomic mass is 19.1. The third-order valence-corrected chi connectivity index (χ3v) is 5.32. The van der Waals surface area contributed by atoms with Crippen LogP contribution in [0, 0.1) is 5.82 Å². The molecule has 7 heteroatoms. The van der Waals surface area contributed by atoms with Crippen molar-refractivity contribution in [3.63, 3.8) is 0 Å². The Kier molecular flexibility index (Phi) is 6.82. The first kappa shape index (κ1) is 21.5. The first-order valence-corrected chi connectivity index (χ1v) is 10.1. The summed E-state index contributed by atoms with van der Waals surface area (Å²) in [5.74, 6) is -1.80. The third-order valence-electron chi connectivity index (χ3n) is 5.32. The minimum Gasteiger partial charge on any atom is -0.455 e. The predicted octanol–water partition coefficient (Wildman–Crippen LogP) is 3.57. The molecule has 1 aliphatic carbocycles. The summed E-state index contributed by atoms with van der Waals surface area (Å²) in [5.41, 5.74) is 0.104. The van der Waals surface area contributed by atoms with Gasteiger partial charge in [0, 0.05) is 23.4 Å². The molecule has 0 heterocycles. The summed E-state index contributed by atoms with van der Waals surface area (Å²) in [6.07, 6.45) is 2.57. The van der Waals surface area contributed by atoms with Gasteiger partial charge >= 0.3 is 5.97 Å². The highest BCUT2D eigenvalue weighted by Gasteiger charge is 2.45. The van der Waals surface area contributed by atoms with Crippen molar-refractivity contribution in [1.29, 1.82) is 0 Å². The lowest BCUT2D eigenvalue weighted by Gasteiger charge is -2.27. The zero-order valence-electron chi connectivity index (χ0n) is 16.9. The molecule has 0 bridgehead atoms. The molecular formula is C23H25FN2O4. The molecule has 0 spiro atoms. The van der Waals surface area contributed by atoms with E-state index in [1.54, 1.807) is 42.5 Å². The molecule has 3 rings (SSSR count). The van der Waals surface area contributed by atoms with Gasteiger partial charge < -0.3 is 15.4 Å². The maximum atomic E-state index is 14.4. The molecule has 158 valence electrons. The monoisotopic (exact) mass is 412 g/mol. The predicted molar refractivity (Wildman–Crippen MR) is 111 cm³/mol. The third kappa shape index (κ3) is 4.67. The van der Waals surface area contributed by atoms with Gasteiger partial charge in [-0.2, -0.15) is 0 Å². The number of nitrogens with one attached hydrogen (secondary N) is 2. The highest BCUT2D eigenvalue weighted by Crippen LogP contribution is 2.43. The van der Waals surface area contributed by atoms with E-state index in [0.717, 1.165) is 12.8 Å². The van der Waals surface area contributed by atoms with Gasteiger partial charge in [0.05, 0.1) is 5.41 Å². The minimum absolute atomic E-state index is 0.243. The van der Waals surface area contributed by atoms with E-state index in [2.05, 4.69) is 10.6 Å². The van der Waals surface area contributed by atoms with Crippen molar-refractivity contribution in [2.75, 3.05) is 18.5 Å². The number of rotatable bonds is 7. The number of carbonyl (C=O) groups is 3. The van der Waals surface area contributed by atoms with Crippen LogP contribution in [-0.2, 0) is 19.7 Å². The molecule has 1 saturated carbocycles. The molecule has 0 unspecified atom stereocenters. The summed E-state index contributed by atoms with van der Waals surface area (Å²) in [7, 11) is 0. The fraction of sp³-hybridized carbons (Fsp3) is 0.348. The molecule has 0 atom stereocenters. The average molecular weight is 412 g/mol. The highest BCUT2D eigenvalue weighted by molar-refractivity contribution is 5.98. The smallest absolute Gasteiger partial charge is 0.317 e. The zero-order valence-corrected chi connectivity index (χ0v) is 16.9. The van der Waals surface area contributed by atoms with Crippen LogP contribution in [0.3, 0.4) is 0 Å². The van der Waals surface area contributed by atoms with Gasteiger partial charge in [0.15, 0.2) is 6.61 Å². The van der Waals surface area contributed by atoms with Gasteiger partial charge in [-0.3, -0.25) is 14.4 Å². The number of hydrogen-bond acceptors (Lipinski definition) is 4. The van der Waals surface area contributed by atoms with Crippen molar-refractivity contribution in [2.24, 2.45) is 0 Å². The first-order chi connectivity index (χ1) is 14.5. The van der Waals surface area contributed by atoms with Gasteiger partial charge in [0.1, 0.15) is 5.82 Å². The lowest BCUT2D eigenvalue weighted by Crippen LogP contribution is -2.37. The van der Waals surface area contributed by atoms with E-state index in [1.807, 2.05) is 6.92 Å². The molecule has 2 aromatic carbocycles. The largest absolute Gasteiger partial charge is 0.455 e. The van der Waals surface area contributed by atoms with Crippen LogP contribution in [0.5, 0.6) is 0 Å². The van der Waals surface area contributed by atoms with E-state index in [9.17, 15) is 18.8 Å². The minimum atomic E-state index is -1.05. The van der Waals surface area contributed by atoms with Crippen LogP contribution in [0.2, 0.25) is 0 Å². The van der Waals surface area contributed by atoms with Crippen molar-refractivity contribution in [2.45, 2.75) is 38.0 Å². The number of anilines is 1. The van der Waals surface area contributed by atoms with Gasteiger partial charge in [-0.05, 0) is 44.0 Å². The average Bonchev–Trinajstić information content (AvgIpc) is 3.24. The van der Waals surface area contributed by atoms with Gasteiger partial charge in [0.25, 0.3) is 11.8 Å². The summed E-state index contributed by atoms with van der Waals surface area (Å²) in [4.78, 5) is 37.1. The Morgan fingerprint density at radius 3 is 2.50 bits per heavy atom. The molecule has 0 aliphatic heterocycles. The van der Waals surface area contributed by atoms with E-state index in [4.69, 9.17) is 4.74 Å². The zero-order chi connectivity index (χ0) is 21.6. The molecule has 2 N–H and O–H groups in total. The summed E-state index contributed by atoms with van der Waals surface area (Å²) < 4.78 is 19.7. The molecule has 0 radical (unpaired) electrons. The molecule has 6 nitrogen and oxygen atoms in total. The summed E-state index contributed by atoms with van der Waals surface area (Å²) >= 11 is 0. The van der Waals surface area contributed by atoms with E-state index in [1.165, 1.54) is 6.07 Å². The normalized spacial score (nSPS) is 14.7. The van der Waals surface area contributed by atoms with Crippen LogP contribution in [0.25, 0.3) is 0 Å². The molecule has 1 aliphatic rings. The van der Waals surface area contributed by atoms with Gasteiger partial charge in [-0.15, -0.1) is 0 Å². The summed E-state index contributed by atoms with van der Waals surface area (Å²) in [5, 5.41) is 5.30. The quantitative estimate of drug-likeness (QED) is 0.681. The fourth-order valence-corrected chi connectivity index (χ4v) is 3.88. The van der Waals surface area contributed by atoms with Crippen LogP contribution in [0.15, 0.2) is 48.5 Å². The molecular weight excluding hydrogens is 387 g/mol. The molecule has 30 heavy (non-hydrogen) atoms. The van der Waals surface area contributed by atoms with E-state index in [0.29, 0.717) is 36.2 Å². The summed E-state index contributed by atoms with van der Waals surface area (Å²) in [6.45, 7) is 1.83. The SMILES string of the molecule is CCNC(=O)c1cccc(NC(=O)COC(=O)C2(c3ccccc3F)CCCC2)c1. The Balaban J connectivity index is 1.64.